The van der Waals surface area contributed by atoms with Gasteiger partial charge in [0, 0.05) is 17.5 Å². The van der Waals surface area contributed by atoms with Crippen LogP contribution in [-0.4, -0.2) is 43.6 Å². The van der Waals surface area contributed by atoms with Gasteiger partial charge in [0.05, 0.1) is 27.3 Å². The molecule has 0 bridgehead atoms. The lowest BCUT2D eigenvalue weighted by Crippen LogP contribution is -2.37. The van der Waals surface area contributed by atoms with Gasteiger partial charge in [0.25, 0.3) is 0 Å². The molecule has 8 heteroatoms. The van der Waals surface area contributed by atoms with Gasteiger partial charge in [-0.15, -0.1) is 23.7 Å². The van der Waals surface area contributed by atoms with Crippen molar-refractivity contribution in [2.45, 2.75) is 44.6 Å². The Balaban J connectivity index is 0.00000193. The van der Waals surface area contributed by atoms with Gasteiger partial charge in [-0.2, -0.15) is 5.10 Å². The number of rotatable bonds is 2. The zero-order valence-corrected chi connectivity index (χ0v) is 18.3. The summed E-state index contributed by atoms with van der Waals surface area (Å²) in [5.74, 6) is 0.194. The van der Waals surface area contributed by atoms with Gasteiger partial charge in [-0.1, -0.05) is 0 Å². The van der Waals surface area contributed by atoms with E-state index in [1.807, 2.05) is 31.3 Å². The average Bonchev–Trinajstić information content (AvgIpc) is 3.43. The molecular formula is C22H23ClFN5S. The van der Waals surface area contributed by atoms with Crippen LogP contribution < -0.4 is 0 Å². The van der Waals surface area contributed by atoms with Gasteiger partial charge in [0.15, 0.2) is 11.5 Å². The Morgan fingerprint density at radius 3 is 2.93 bits per heavy atom. The first kappa shape index (κ1) is 19.8. The third kappa shape index (κ3) is 3.29. The van der Waals surface area contributed by atoms with E-state index >= 15 is 0 Å². The van der Waals surface area contributed by atoms with Crippen molar-refractivity contribution in [2.24, 2.45) is 0 Å². The van der Waals surface area contributed by atoms with Crippen LogP contribution in [0.4, 0.5) is 4.39 Å². The number of halogens is 2. The first-order chi connectivity index (χ1) is 14.1. The number of nitrogens with zero attached hydrogens (tertiary/aromatic N) is 5. The second-order valence-electron chi connectivity index (χ2n) is 8.31. The molecule has 4 aromatic rings. The third-order valence-electron chi connectivity index (χ3n) is 6.37. The molecule has 0 spiro atoms. The number of hydrogen-bond donors (Lipinski definition) is 0. The van der Waals surface area contributed by atoms with Crippen LogP contribution in [-0.2, 0) is 0 Å². The molecular weight excluding hydrogens is 421 g/mol. The largest absolute Gasteiger partial charge is 0.300 e. The SMILES string of the molecule is Cc1cn2nc(-c3cc(F)c4nc(C5CCN6CCCC6C5)sc4c3)ccc2n1.Cl. The highest BCUT2D eigenvalue weighted by Gasteiger charge is 2.33. The molecule has 0 N–H and O–H groups in total. The summed E-state index contributed by atoms with van der Waals surface area (Å²) in [7, 11) is 0. The zero-order valence-electron chi connectivity index (χ0n) is 16.7. The lowest BCUT2D eigenvalue weighted by atomic mass is 9.92. The Morgan fingerprint density at radius 2 is 2.03 bits per heavy atom. The summed E-state index contributed by atoms with van der Waals surface area (Å²) in [5.41, 5.74) is 3.74. The number of aromatic nitrogens is 4. The number of hydrogen-bond acceptors (Lipinski definition) is 5. The molecule has 0 aliphatic carbocycles. The van der Waals surface area contributed by atoms with Crippen LogP contribution in [0.25, 0.3) is 27.1 Å². The van der Waals surface area contributed by atoms with Crippen molar-refractivity contribution in [3.8, 4) is 11.3 Å². The minimum atomic E-state index is -0.262. The van der Waals surface area contributed by atoms with Crippen molar-refractivity contribution >= 4 is 39.6 Å². The molecule has 3 aromatic heterocycles. The number of benzene rings is 1. The first-order valence-electron chi connectivity index (χ1n) is 10.3. The zero-order chi connectivity index (χ0) is 19.5. The molecule has 0 amide bonds. The van der Waals surface area contributed by atoms with E-state index in [0.717, 1.165) is 51.7 Å². The van der Waals surface area contributed by atoms with Crippen LogP contribution in [0.5, 0.6) is 0 Å². The van der Waals surface area contributed by atoms with Gasteiger partial charge < -0.3 is 4.90 Å². The van der Waals surface area contributed by atoms with E-state index in [0.29, 0.717) is 17.5 Å². The molecule has 2 unspecified atom stereocenters. The summed E-state index contributed by atoms with van der Waals surface area (Å²) in [4.78, 5) is 11.7. The molecule has 2 atom stereocenters. The second kappa shape index (κ2) is 7.55. The number of fused-ring (bicyclic) bond motifs is 3. The number of piperidine rings is 1. The van der Waals surface area contributed by atoms with Crippen LogP contribution >= 0.6 is 23.7 Å². The van der Waals surface area contributed by atoms with Gasteiger partial charge in [0.1, 0.15) is 5.52 Å². The Morgan fingerprint density at radius 1 is 1.13 bits per heavy atom. The summed E-state index contributed by atoms with van der Waals surface area (Å²) < 4.78 is 17.6. The highest BCUT2D eigenvalue weighted by atomic mass is 35.5. The lowest BCUT2D eigenvalue weighted by Gasteiger charge is -2.33. The first-order valence-corrected chi connectivity index (χ1v) is 11.1. The lowest BCUT2D eigenvalue weighted by molar-refractivity contribution is 0.181. The molecule has 6 rings (SSSR count). The predicted octanol–water partition coefficient (Wildman–Crippen LogP) is 5.22. The summed E-state index contributed by atoms with van der Waals surface area (Å²) >= 11 is 1.65. The van der Waals surface area contributed by atoms with E-state index in [1.54, 1.807) is 21.9 Å². The van der Waals surface area contributed by atoms with Crippen molar-refractivity contribution in [2.75, 3.05) is 13.1 Å². The minimum absolute atomic E-state index is 0. The number of aryl methyl sites for hydroxylation is 1. The quantitative estimate of drug-likeness (QED) is 0.426. The summed E-state index contributed by atoms with van der Waals surface area (Å²) in [5, 5.41) is 5.71. The summed E-state index contributed by atoms with van der Waals surface area (Å²) in [6.07, 6.45) is 6.77. The molecule has 0 radical (unpaired) electrons. The topological polar surface area (TPSA) is 46.3 Å². The fourth-order valence-corrected chi connectivity index (χ4v) is 6.10. The summed E-state index contributed by atoms with van der Waals surface area (Å²) in [6.45, 7) is 4.32. The van der Waals surface area contributed by atoms with Crippen molar-refractivity contribution in [3.63, 3.8) is 0 Å². The average molecular weight is 444 g/mol. The van der Waals surface area contributed by atoms with Crippen molar-refractivity contribution in [3.05, 3.63) is 47.0 Å². The number of imidazole rings is 1. The fourth-order valence-electron chi connectivity index (χ4n) is 4.93. The monoisotopic (exact) mass is 443 g/mol. The molecule has 0 saturated carbocycles. The van der Waals surface area contributed by atoms with Crippen LogP contribution in [0.15, 0.2) is 30.5 Å². The summed E-state index contributed by atoms with van der Waals surface area (Å²) in [6, 6.07) is 8.10. The number of thiazole rings is 1. The molecule has 2 fully saturated rings. The molecule has 156 valence electrons. The van der Waals surface area contributed by atoms with E-state index in [1.165, 1.54) is 19.4 Å². The van der Waals surface area contributed by atoms with Crippen molar-refractivity contribution in [1.29, 1.82) is 0 Å². The minimum Gasteiger partial charge on any atom is -0.300 e. The van der Waals surface area contributed by atoms with Gasteiger partial charge in [0.2, 0.25) is 0 Å². The predicted molar refractivity (Wildman–Crippen MR) is 120 cm³/mol. The van der Waals surface area contributed by atoms with Gasteiger partial charge in [-0.05, 0) is 70.0 Å². The van der Waals surface area contributed by atoms with Gasteiger partial charge in [-0.25, -0.2) is 18.9 Å². The molecule has 2 aliphatic rings. The van der Waals surface area contributed by atoms with Crippen LogP contribution in [0, 0.1) is 12.7 Å². The van der Waals surface area contributed by atoms with Crippen LogP contribution in [0.2, 0.25) is 0 Å². The Bertz CT molecular complexity index is 1240. The highest BCUT2D eigenvalue weighted by Crippen LogP contribution is 2.40. The molecule has 5 heterocycles. The van der Waals surface area contributed by atoms with E-state index in [4.69, 9.17) is 4.98 Å². The maximum absolute atomic E-state index is 14.9. The van der Waals surface area contributed by atoms with E-state index < -0.39 is 0 Å². The van der Waals surface area contributed by atoms with Crippen LogP contribution in [0.1, 0.15) is 42.3 Å². The normalized spacial score (nSPS) is 21.8. The Labute approximate surface area is 184 Å². The molecule has 5 nitrogen and oxygen atoms in total. The third-order valence-corrected chi connectivity index (χ3v) is 7.54. The second-order valence-corrected chi connectivity index (χ2v) is 9.38. The van der Waals surface area contributed by atoms with E-state index in [2.05, 4.69) is 15.0 Å². The molecule has 2 saturated heterocycles. The molecule has 1 aromatic carbocycles. The van der Waals surface area contributed by atoms with Gasteiger partial charge in [-0.3, -0.25) is 0 Å². The molecule has 30 heavy (non-hydrogen) atoms. The van der Waals surface area contributed by atoms with Gasteiger partial charge >= 0.3 is 0 Å². The Hall–Kier alpha value is -2.09. The standard InChI is InChI=1S/C22H22FN5S.ClH/c1-13-12-28-20(24-13)5-4-18(26-28)15-10-17(23)21-19(11-15)29-22(25-21)14-6-8-27-7-2-3-16(27)9-14;/h4-5,10-12,14,16H,2-3,6-9H2,1H3;1H. The highest BCUT2D eigenvalue weighted by molar-refractivity contribution is 7.18. The smallest absolute Gasteiger partial charge is 0.153 e. The van der Waals surface area contributed by atoms with E-state index in [9.17, 15) is 4.39 Å². The maximum atomic E-state index is 14.9. The Kier molecular flexibility index (Phi) is 5.00. The van der Waals surface area contributed by atoms with E-state index in [-0.39, 0.29) is 18.2 Å². The fraction of sp³-hybridized carbons (Fsp3) is 0.409. The van der Waals surface area contributed by atoms with Crippen LogP contribution in [0.3, 0.4) is 0 Å². The van der Waals surface area contributed by atoms with Crippen molar-refractivity contribution in [1.82, 2.24) is 24.5 Å². The maximum Gasteiger partial charge on any atom is 0.153 e. The molecule has 2 aliphatic heterocycles. The van der Waals surface area contributed by atoms with Crippen molar-refractivity contribution < 1.29 is 4.39 Å².